The Morgan fingerprint density at radius 2 is 2.22 bits per heavy atom. The summed E-state index contributed by atoms with van der Waals surface area (Å²) < 4.78 is 1.53. The van der Waals surface area contributed by atoms with Gasteiger partial charge in [0.2, 0.25) is 0 Å². The fourth-order valence-corrected chi connectivity index (χ4v) is 2.66. The van der Waals surface area contributed by atoms with Crippen LogP contribution in [-0.2, 0) is 7.05 Å². The number of nitrogens with zero attached hydrogens (tertiary/aromatic N) is 6. The van der Waals surface area contributed by atoms with Gasteiger partial charge in [0.1, 0.15) is 11.9 Å². The van der Waals surface area contributed by atoms with Crippen LogP contribution in [0.1, 0.15) is 18.5 Å². The number of hydrogen-bond acceptors (Lipinski definition) is 7. The largest absolute Gasteiger partial charge is 0.364 e. The molecule has 1 saturated heterocycles. The summed E-state index contributed by atoms with van der Waals surface area (Å²) in [5.41, 5.74) is 0.198. The molecule has 1 N–H and O–H groups in total. The minimum absolute atomic E-state index is 0.0914. The third-order valence-electron chi connectivity index (χ3n) is 3.84. The van der Waals surface area contributed by atoms with Crippen LogP contribution in [0.15, 0.2) is 29.6 Å². The standard InChI is InChI=1S/C15H17N7O/c1-21-6-4-17-14(15(21)23)22-5-2-3-11(10-22)20-13-9-18-12(7-16)8-19-13/h4,6,8-9,11H,2-3,5,10H2,1H3,(H,19,20). The Morgan fingerprint density at radius 3 is 2.96 bits per heavy atom. The second-order valence-corrected chi connectivity index (χ2v) is 5.50. The first-order valence-electron chi connectivity index (χ1n) is 7.42. The molecule has 2 aromatic heterocycles. The number of nitriles is 1. The number of hydrogen-bond donors (Lipinski definition) is 1. The maximum absolute atomic E-state index is 12.2. The zero-order valence-electron chi connectivity index (χ0n) is 12.8. The van der Waals surface area contributed by atoms with Crippen molar-refractivity contribution in [2.24, 2.45) is 7.05 Å². The maximum atomic E-state index is 12.2. The number of piperidine rings is 1. The minimum Gasteiger partial charge on any atom is -0.364 e. The Labute approximate surface area is 133 Å². The molecule has 1 aliphatic heterocycles. The number of rotatable bonds is 3. The first-order valence-corrected chi connectivity index (χ1v) is 7.42. The molecule has 2 aromatic rings. The van der Waals surface area contributed by atoms with Crippen LogP contribution < -0.4 is 15.8 Å². The zero-order chi connectivity index (χ0) is 16.2. The molecule has 1 unspecified atom stereocenters. The van der Waals surface area contributed by atoms with Gasteiger partial charge in [-0.15, -0.1) is 0 Å². The van der Waals surface area contributed by atoms with Crippen LogP contribution in [0.5, 0.6) is 0 Å². The van der Waals surface area contributed by atoms with Crippen molar-refractivity contribution in [3.05, 3.63) is 40.8 Å². The van der Waals surface area contributed by atoms with Gasteiger partial charge in [-0.3, -0.25) is 4.79 Å². The summed E-state index contributed by atoms with van der Waals surface area (Å²) in [4.78, 5) is 26.6. The van der Waals surface area contributed by atoms with Crippen molar-refractivity contribution in [3.63, 3.8) is 0 Å². The third-order valence-corrected chi connectivity index (χ3v) is 3.84. The number of aromatic nitrogens is 4. The highest BCUT2D eigenvalue weighted by Gasteiger charge is 2.23. The van der Waals surface area contributed by atoms with Crippen LogP contribution in [0.2, 0.25) is 0 Å². The fourth-order valence-electron chi connectivity index (χ4n) is 2.66. The molecule has 0 aromatic carbocycles. The SMILES string of the molecule is Cn1ccnc(N2CCCC(Nc3cnc(C#N)cn3)C2)c1=O. The lowest BCUT2D eigenvalue weighted by atomic mass is 10.1. The van der Waals surface area contributed by atoms with Gasteiger partial charge >= 0.3 is 0 Å². The highest BCUT2D eigenvalue weighted by molar-refractivity contribution is 5.40. The molecule has 0 aliphatic carbocycles. The molecule has 23 heavy (non-hydrogen) atoms. The Hall–Kier alpha value is -2.95. The predicted octanol–water partition coefficient (Wildman–Crippen LogP) is 0.523. The molecule has 0 spiro atoms. The van der Waals surface area contributed by atoms with Crippen LogP contribution in [0, 0.1) is 11.3 Å². The van der Waals surface area contributed by atoms with Crippen molar-refractivity contribution in [1.29, 1.82) is 5.26 Å². The molecule has 8 heteroatoms. The summed E-state index contributed by atoms with van der Waals surface area (Å²) in [7, 11) is 1.72. The summed E-state index contributed by atoms with van der Waals surface area (Å²) >= 11 is 0. The van der Waals surface area contributed by atoms with E-state index < -0.39 is 0 Å². The molecular formula is C15H17N7O. The van der Waals surface area contributed by atoms with Crippen LogP contribution in [-0.4, -0.2) is 38.7 Å². The van der Waals surface area contributed by atoms with E-state index in [4.69, 9.17) is 5.26 Å². The normalized spacial score (nSPS) is 17.6. The van der Waals surface area contributed by atoms with Crippen molar-refractivity contribution in [2.45, 2.75) is 18.9 Å². The maximum Gasteiger partial charge on any atom is 0.293 e. The van der Waals surface area contributed by atoms with Gasteiger partial charge in [0.15, 0.2) is 11.5 Å². The fraction of sp³-hybridized carbons (Fsp3) is 0.400. The van der Waals surface area contributed by atoms with Gasteiger partial charge in [-0.1, -0.05) is 0 Å². The van der Waals surface area contributed by atoms with E-state index in [0.29, 0.717) is 18.2 Å². The van der Waals surface area contributed by atoms with Gasteiger partial charge in [0.25, 0.3) is 5.56 Å². The van der Waals surface area contributed by atoms with Crippen molar-refractivity contribution in [3.8, 4) is 6.07 Å². The quantitative estimate of drug-likeness (QED) is 0.882. The minimum atomic E-state index is -0.0914. The van der Waals surface area contributed by atoms with E-state index >= 15 is 0 Å². The summed E-state index contributed by atoms with van der Waals surface area (Å²) in [6, 6.07) is 2.09. The molecule has 3 rings (SSSR count). The van der Waals surface area contributed by atoms with Gasteiger partial charge < -0.3 is 14.8 Å². The summed E-state index contributed by atoms with van der Waals surface area (Å²) in [5, 5.41) is 12.0. The van der Waals surface area contributed by atoms with Crippen LogP contribution >= 0.6 is 0 Å². The molecule has 3 heterocycles. The lowest BCUT2D eigenvalue weighted by Gasteiger charge is -2.33. The molecule has 0 bridgehead atoms. The van der Waals surface area contributed by atoms with Gasteiger partial charge in [0, 0.05) is 38.6 Å². The average molecular weight is 311 g/mol. The molecule has 118 valence electrons. The van der Waals surface area contributed by atoms with Crippen molar-refractivity contribution in [1.82, 2.24) is 19.5 Å². The zero-order valence-corrected chi connectivity index (χ0v) is 12.8. The smallest absolute Gasteiger partial charge is 0.293 e. The monoisotopic (exact) mass is 311 g/mol. The van der Waals surface area contributed by atoms with Gasteiger partial charge in [-0.25, -0.2) is 15.0 Å². The van der Waals surface area contributed by atoms with E-state index in [1.54, 1.807) is 25.6 Å². The van der Waals surface area contributed by atoms with Crippen molar-refractivity contribution >= 4 is 11.6 Å². The molecule has 0 saturated carbocycles. The van der Waals surface area contributed by atoms with Crippen LogP contribution in [0.3, 0.4) is 0 Å². The van der Waals surface area contributed by atoms with Gasteiger partial charge in [-0.2, -0.15) is 5.26 Å². The Kier molecular flexibility index (Phi) is 4.19. The van der Waals surface area contributed by atoms with E-state index in [2.05, 4.69) is 20.3 Å². The molecule has 1 fully saturated rings. The van der Waals surface area contributed by atoms with Crippen LogP contribution in [0.4, 0.5) is 11.6 Å². The third kappa shape index (κ3) is 3.29. The molecule has 1 atom stereocenters. The Balaban J connectivity index is 1.72. The van der Waals surface area contributed by atoms with Crippen LogP contribution in [0.25, 0.3) is 0 Å². The van der Waals surface area contributed by atoms with E-state index in [1.807, 2.05) is 11.0 Å². The first-order chi connectivity index (χ1) is 11.2. The highest BCUT2D eigenvalue weighted by atomic mass is 16.1. The van der Waals surface area contributed by atoms with Crippen molar-refractivity contribution < 1.29 is 0 Å². The number of anilines is 2. The van der Waals surface area contributed by atoms with E-state index in [0.717, 1.165) is 19.4 Å². The van der Waals surface area contributed by atoms with E-state index in [1.165, 1.54) is 10.8 Å². The number of aryl methyl sites for hydroxylation is 1. The highest BCUT2D eigenvalue weighted by Crippen LogP contribution is 2.17. The summed E-state index contributed by atoms with van der Waals surface area (Å²) in [6.07, 6.45) is 8.22. The topological polar surface area (TPSA) is 99.7 Å². The second kappa shape index (κ2) is 6.44. The molecule has 8 nitrogen and oxygen atoms in total. The second-order valence-electron chi connectivity index (χ2n) is 5.50. The summed E-state index contributed by atoms with van der Waals surface area (Å²) in [5.74, 6) is 1.11. The van der Waals surface area contributed by atoms with Gasteiger partial charge in [0.05, 0.1) is 12.4 Å². The predicted molar refractivity (Wildman–Crippen MR) is 85.1 cm³/mol. The average Bonchev–Trinajstić information content (AvgIpc) is 2.58. The number of nitrogens with one attached hydrogen (secondary N) is 1. The molecule has 0 radical (unpaired) electrons. The Bertz CT molecular complexity index is 778. The van der Waals surface area contributed by atoms with E-state index in [-0.39, 0.29) is 17.3 Å². The molecule has 1 aliphatic rings. The van der Waals surface area contributed by atoms with E-state index in [9.17, 15) is 4.79 Å². The molecular weight excluding hydrogens is 294 g/mol. The lowest BCUT2D eigenvalue weighted by molar-refractivity contribution is 0.522. The first kappa shape index (κ1) is 15.0. The van der Waals surface area contributed by atoms with Gasteiger partial charge in [-0.05, 0) is 12.8 Å². The lowest BCUT2D eigenvalue weighted by Crippen LogP contribution is -2.45. The van der Waals surface area contributed by atoms with Crippen molar-refractivity contribution in [2.75, 3.05) is 23.3 Å². The Morgan fingerprint density at radius 1 is 1.35 bits per heavy atom. The summed E-state index contributed by atoms with van der Waals surface area (Å²) in [6.45, 7) is 1.48. The molecule has 0 amide bonds.